The molecule has 0 radical (unpaired) electrons. The van der Waals surface area contributed by atoms with Crippen LogP contribution in [-0.2, 0) is 7.05 Å². The number of hydrogen-bond donors (Lipinski definition) is 2. The van der Waals surface area contributed by atoms with E-state index in [-0.39, 0.29) is 6.04 Å². The van der Waals surface area contributed by atoms with E-state index in [1.54, 1.807) is 14.1 Å². The average molecular weight is 253 g/mol. The van der Waals surface area contributed by atoms with Crippen molar-refractivity contribution < 1.29 is 4.79 Å². The van der Waals surface area contributed by atoms with Crippen LogP contribution in [0.4, 0.5) is 10.7 Å². The lowest BCUT2D eigenvalue weighted by Crippen LogP contribution is -2.43. The third-order valence-corrected chi connectivity index (χ3v) is 3.33. The van der Waals surface area contributed by atoms with Crippen molar-refractivity contribution in [2.45, 2.75) is 38.1 Å². The highest BCUT2D eigenvalue weighted by molar-refractivity contribution is 5.76. The minimum Gasteiger partial charge on any atom is -0.357 e. The fraction of sp³-hybridized carbons (Fsp3) is 0.727. The lowest BCUT2D eigenvalue weighted by Gasteiger charge is -2.22. The molecule has 1 amide bonds. The number of hydrogen-bond acceptors (Lipinski definition) is 4. The van der Waals surface area contributed by atoms with Gasteiger partial charge in [-0.05, 0) is 12.8 Å². The Balaban J connectivity index is 2.11. The van der Waals surface area contributed by atoms with Gasteiger partial charge >= 0.3 is 11.7 Å². The van der Waals surface area contributed by atoms with Gasteiger partial charge in [-0.2, -0.15) is 0 Å². The first kappa shape index (κ1) is 12.7. The number of carbonyl (C=O) groups is 1. The van der Waals surface area contributed by atoms with Crippen molar-refractivity contribution in [2.75, 3.05) is 12.4 Å². The summed E-state index contributed by atoms with van der Waals surface area (Å²) in [6, 6.07) is -0.276. The van der Waals surface area contributed by atoms with Crippen LogP contribution in [0.2, 0.25) is 0 Å². The lowest BCUT2D eigenvalue weighted by molar-refractivity contribution is 0.230. The highest BCUT2D eigenvalue weighted by atomic mass is 16.2. The van der Waals surface area contributed by atoms with Crippen LogP contribution in [-0.4, -0.2) is 33.5 Å². The zero-order valence-corrected chi connectivity index (χ0v) is 10.8. The molecule has 2 rings (SSSR count). The van der Waals surface area contributed by atoms with Gasteiger partial charge in [0.05, 0.1) is 0 Å². The molecule has 100 valence electrons. The molecule has 0 bridgehead atoms. The Bertz CT molecular complexity index is 484. The zero-order valence-electron chi connectivity index (χ0n) is 10.8. The first-order valence-corrected chi connectivity index (χ1v) is 6.28. The molecular formula is C11H19N5O2. The summed E-state index contributed by atoms with van der Waals surface area (Å²) in [5.74, 6) is 0.374. The van der Waals surface area contributed by atoms with Crippen molar-refractivity contribution in [3.8, 4) is 0 Å². The fourth-order valence-electron chi connectivity index (χ4n) is 2.27. The van der Waals surface area contributed by atoms with E-state index in [2.05, 4.69) is 15.7 Å². The maximum atomic E-state index is 12.0. The largest absolute Gasteiger partial charge is 0.357 e. The molecule has 0 aromatic carbocycles. The van der Waals surface area contributed by atoms with Gasteiger partial charge in [0, 0.05) is 20.1 Å². The SMILES string of the molecule is CNc1nn(C(=O)NC2CCCCC2)c(=O)n1C. The molecule has 18 heavy (non-hydrogen) atoms. The molecule has 0 saturated heterocycles. The van der Waals surface area contributed by atoms with Crippen LogP contribution >= 0.6 is 0 Å². The first-order valence-electron chi connectivity index (χ1n) is 6.28. The molecule has 2 N–H and O–H groups in total. The fourth-order valence-corrected chi connectivity index (χ4v) is 2.27. The summed E-state index contributed by atoms with van der Waals surface area (Å²) in [5, 5.41) is 9.56. The quantitative estimate of drug-likeness (QED) is 0.805. The number of anilines is 1. The molecule has 7 heteroatoms. The number of aromatic nitrogens is 3. The van der Waals surface area contributed by atoms with Crippen LogP contribution < -0.4 is 16.3 Å². The van der Waals surface area contributed by atoms with Gasteiger partial charge in [0.2, 0.25) is 5.95 Å². The minimum atomic E-state index is -0.441. The summed E-state index contributed by atoms with van der Waals surface area (Å²) in [7, 11) is 3.23. The molecule has 1 aromatic heterocycles. The van der Waals surface area contributed by atoms with Crippen LogP contribution in [0.3, 0.4) is 0 Å². The predicted molar refractivity (Wildman–Crippen MR) is 67.8 cm³/mol. The molecule has 0 unspecified atom stereocenters. The second-order valence-corrected chi connectivity index (χ2v) is 4.61. The van der Waals surface area contributed by atoms with Gasteiger partial charge in [0.15, 0.2) is 0 Å². The van der Waals surface area contributed by atoms with Crippen LogP contribution in [0.1, 0.15) is 32.1 Å². The van der Waals surface area contributed by atoms with Gasteiger partial charge in [0.25, 0.3) is 0 Å². The van der Waals surface area contributed by atoms with Gasteiger partial charge in [-0.25, -0.2) is 9.59 Å². The normalized spacial score (nSPS) is 16.6. The summed E-state index contributed by atoms with van der Waals surface area (Å²) in [4.78, 5) is 23.8. The van der Waals surface area contributed by atoms with Crippen molar-refractivity contribution in [1.29, 1.82) is 0 Å². The van der Waals surface area contributed by atoms with Crippen LogP contribution in [0, 0.1) is 0 Å². The highest BCUT2D eigenvalue weighted by Gasteiger charge is 2.20. The molecular weight excluding hydrogens is 234 g/mol. The van der Waals surface area contributed by atoms with Gasteiger partial charge < -0.3 is 10.6 Å². The Hall–Kier alpha value is -1.79. The first-order chi connectivity index (χ1) is 8.63. The number of nitrogens with zero attached hydrogens (tertiary/aromatic N) is 3. The van der Waals surface area contributed by atoms with E-state index < -0.39 is 11.7 Å². The summed E-state index contributed by atoms with van der Waals surface area (Å²) in [6.45, 7) is 0. The predicted octanol–water partition coefficient (Wildman–Crippen LogP) is 0.514. The Morgan fingerprint density at radius 1 is 1.33 bits per heavy atom. The third kappa shape index (κ3) is 2.39. The van der Waals surface area contributed by atoms with Crippen molar-refractivity contribution in [3.63, 3.8) is 0 Å². The second kappa shape index (κ2) is 5.24. The van der Waals surface area contributed by atoms with E-state index in [0.717, 1.165) is 30.4 Å². The molecule has 0 spiro atoms. The monoisotopic (exact) mass is 253 g/mol. The van der Waals surface area contributed by atoms with Gasteiger partial charge in [-0.15, -0.1) is 9.78 Å². The van der Waals surface area contributed by atoms with E-state index in [1.807, 2.05) is 0 Å². The summed E-state index contributed by atoms with van der Waals surface area (Å²) in [6.07, 6.45) is 5.44. The standard InChI is InChI=1S/C11H19N5O2/c1-12-9-14-16(11(18)15(9)2)10(17)13-8-6-4-3-5-7-8/h8H,3-7H2,1-2H3,(H,12,14)(H,13,17). The summed E-state index contributed by atoms with van der Waals surface area (Å²) in [5.41, 5.74) is -0.437. The maximum Gasteiger partial charge on any atom is 0.355 e. The molecule has 1 aliphatic rings. The second-order valence-electron chi connectivity index (χ2n) is 4.61. The van der Waals surface area contributed by atoms with Crippen molar-refractivity contribution in [3.05, 3.63) is 10.5 Å². The molecule has 0 aliphatic heterocycles. The number of rotatable bonds is 2. The number of nitrogens with one attached hydrogen (secondary N) is 2. The number of amides is 1. The third-order valence-electron chi connectivity index (χ3n) is 3.33. The lowest BCUT2D eigenvalue weighted by atomic mass is 9.96. The van der Waals surface area contributed by atoms with E-state index in [4.69, 9.17) is 0 Å². The maximum absolute atomic E-state index is 12.0. The van der Waals surface area contributed by atoms with E-state index in [1.165, 1.54) is 11.0 Å². The number of carbonyl (C=O) groups excluding carboxylic acids is 1. The van der Waals surface area contributed by atoms with Crippen LogP contribution in [0.15, 0.2) is 4.79 Å². The van der Waals surface area contributed by atoms with Crippen LogP contribution in [0.5, 0.6) is 0 Å². The summed E-state index contributed by atoms with van der Waals surface area (Å²) < 4.78 is 2.18. The van der Waals surface area contributed by atoms with Crippen molar-refractivity contribution in [2.24, 2.45) is 7.05 Å². The van der Waals surface area contributed by atoms with E-state index >= 15 is 0 Å². The van der Waals surface area contributed by atoms with Crippen molar-refractivity contribution in [1.82, 2.24) is 19.7 Å². The van der Waals surface area contributed by atoms with E-state index in [0.29, 0.717) is 5.95 Å². The van der Waals surface area contributed by atoms with Gasteiger partial charge in [-0.3, -0.25) is 4.57 Å². The molecule has 1 aromatic rings. The average Bonchev–Trinajstić information content (AvgIpc) is 2.67. The summed E-state index contributed by atoms with van der Waals surface area (Å²) >= 11 is 0. The van der Waals surface area contributed by atoms with Crippen molar-refractivity contribution >= 4 is 12.0 Å². The smallest absolute Gasteiger partial charge is 0.355 e. The Morgan fingerprint density at radius 2 is 2.00 bits per heavy atom. The molecule has 1 fully saturated rings. The van der Waals surface area contributed by atoms with Crippen LogP contribution in [0.25, 0.3) is 0 Å². The topological polar surface area (TPSA) is 81.0 Å². The van der Waals surface area contributed by atoms with Gasteiger partial charge in [0.1, 0.15) is 0 Å². The highest BCUT2D eigenvalue weighted by Crippen LogP contribution is 2.17. The zero-order chi connectivity index (χ0) is 13.1. The Morgan fingerprint density at radius 3 is 2.56 bits per heavy atom. The molecule has 1 heterocycles. The minimum absolute atomic E-state index is 0.165. The van der Waals surface area contributed by atoms with E-state index in [9.17, 15) is 9.59 Å². The van der Waals surface area contributed by atoms with Gasteiger partial charge in [-0.1, -0.05) is 19.3 Å². The Labute approximate surface area is 105 Å². The molecule has 1 saturated carbocycles. The molecule has 1 aliphatic carbocycles. The molecule has 0 atom stereocenters. The molecule has 7 nitrogen and oxygen atoms in total. The Kier molecular flexibility index (Phi) is 3.69.